The van der Waals surface area contributed by atoms with Crippen LogP contribution in [0.5, 0.6) is 23.0 Å². The number of benzene rings is 2. The van der Waals surface area contributed by atoms with Crippen LogP contribution in [-0.2, 0) is 9.53 Å². The zero-order valence-electron chi connectivity index (χ0n) is 15.4. The van der Waals surface area contributed by atoms with Crippen molar-refractivity contribution in [1.29, 1.82) is 0 Å². The van der Waals surface area contributed by atoms with Crippen LogP contribution in [0.15, 0.2) is 42.5 Å². The van der Waals surface area contributed by atoms with Crippen LogP contribution in [0, 0.1) is 5.82 Å². The van der Waals surface area contributed by atoms with E-state index in [4.69, 9.17) is 23.7 Å². The van der Waals surface area contributed by atoms with Gasteiger partial charge in [-0.2, -0.15) is 0 Å². The summed E-state index contributed by atoms with van der Waals surface area (Å²) in [6, 6.07) is 8.95. The number of halogens is 1. The van der Waals surface area contributed by atoms with Crippen LogP contribution in [0.1, 0.15) is 5.56 Å². The van der Waals surface area contributed by atoms with Gasteiger partial charge in [0.05, 0.1) is 21.3 Å². The first-order chi connectivity index (χ1) is 13.1. The first-order valence-electron chi connectivity index (χ1n) is 8.10. The van der Waals surface area contributed by atoms with Crippen molar-refractivity contribution in [1.82, 2.24) is 0 Å². The highest BCUT2D eigenvalue weighted by atomic mass is 19.1. The van der Waals surface area contributed by atoms with Gasteiger partial charge in [-0.05, 0) is 36.4 Å². The zero-order chi connectivity index (χ0) is 19.6. The molecule has 144 valence electrons. The van der Waals surface area contributed by atoms with E-state index in [0.717, 1.165) is 0 Å². The van der Waals surface area contributed by atoms with Crippen molar-refractivity contribution < 1.29 is 32.9 Å². The van der Waals surface area contributed by atoms with Crippen LogP contribution < -0.4 is 18.9 Å². The molecule has 2 rings (SSSR count). The van der Waals surface area contributed by atoms with Crippen LogP contribution in [0.25, 0.3) is 6.08 Å². The molecule has 0 radical (unpaired) electrons. The first-order valence-corrected chi connectivity index (χ1v) is 8.10. The lowest BCUT2D eigenvalue weighted by molar-refractivity contribution is -0.138. The SMILES string of the molecule is COc1cc(OC)c(OC)cc1/C=C/C(=O)OCCOc1ccc(F)cc1. The van der Waals surface area contributed by atoms with E-state index in [0.29, 0.717) is 28.6 Å². The van der Waals surface area contributed by atoms with Crippen molar-refractivity contribution in [2.45, 2.75) is 0 Å². The molecule has 0 unspecified atom stereocenters. The van der Waals surface area contributed by atoms with E-state index >= 15 is 0 Å². The second kappa shape index (κ2) is 10.1. The summed E-state index contributed by atoms with van der Waals surface area (Å²) in [5.41, 5.74) is 0.634. The normalized spacial score (nSPS) is 10.5. The largest absolute Gasteiger partial charge is 0.496 e. The van der Waals surface area contributed by atoms with E-state index in [1.54, 1.807) is 18.2 Å². The summed E-state index contributed by atoms with van der Waals surface area (Å²) in [4.78, 5) is 11.8. The van der Waals surface area contributed by atoms with Gasteiger partial charge in [-0.1, -0.05) is 0 Å². The van der Waals surface area contributed by atoms with Gasteiger partial charge in [0.2, 0.25) is 0 Å². The summed E-state index contributed by atoms with van der Waals surface area (Å²) in [6.07, 6.45) is 2.84. The quantitative estimate of drug-likeness (QED) is 0.379. The third kappa shape index (κ3) is 5.91. The van der Waals surface area contributed by atoms with E-state index in [-0.39, 0.29) is 19.0 Å². The average Bonchev–Trinajstić information content (AvgIpc) is 2.70. The van der Waals surface area contributed by atoms with Crippen molar-refractivity contribution in [3.63, 3.8) is 0 Å². The molecule has 2 aromatic carbocycles. The number of rotatable bonds is 9. The number of esters is 1. The van der Waals surface area contributed by atoms with Gasteiger partial charge in [-0.15, -0.1) is 0 Å². The van der Waals surface area contributed by atoms with Gasteiger partial charge in [0, 0.05) is 17.7 Å². The Hall–Kier alpha value is -3.22. The van der Waals surface area contributed by atoms with Gasteiger partial charge in [0.1, 0.15) is 30.5 Å². The van der Waals surface area contributed by atoms with Crippen LogP contribution in [0.2, 0.25) is 0 Å². The molecule has 0 amide bonds. The van der Waals surface area contributed by atoms with Gasteiger partial charge < -0.3 is 23.7 Å². The maximum atomic E-state index is 12.8. The highest BCUT2D eigenvalue weighted by Gasteiger charge is 2.10. The van der Waals surface area contributed by atoms with Crippen LogP contribution in [0.3, 0.4) is 0 Å². The minimum atomic E-state index is -0.533. The molecule has 0 N–H and O–H groups in total. The predicted octanol–water partition coefficient (Wildman–Crippen LogP) is 3.49. The monoisotopic (exact) mass is 376 g/mol. The molecule has 0 aliphatic rings. The molecular weight excluding hydrogens is 355 g/mol. The third-order valence-electron chi connectivity index (χ3n) is 3.54. The Labute approximate surface area is 157 Å². The summed E-state index contributed by atoms with van der Waals surface area (Å²) in [6.45, 7) is 0.217. The summed E-state index contributed by atoms with van der Waals surface area (Å²) in [5.74, 6) is 1.18. The van der Waals surface area contributed by atoms with Gasteiger partial charge in [-0.3, -0.25) is 0 Å². The number of carbonyl (C=O) groups excluding carboxylic acids is 1. The molecule has 0 aromatic heterocycles. The van der Waals surface area contributed by atoms with E-state index in [1.165, 1.54) is 51.7 Å². The Bertz CT molecular complexity index is 786. The van der Waals surface area contributed by atoms with E-state index < -0.39 is 5.97 Å². The Balaban J connectivity index is 1.89. The third-order valence-corrected chi connectivity index (χ3v) is 3.54. The van der Waals surface area contributed by atoms with Crippen molar-refractivity contribution in [2.75, 3.05) is 34.5 Å². The topological polar surface area (TPSA) is 63.2 Å². The average molecular weight is 376 g/mol. The summed E-state index contributed by atoms with van der Waals surface area (Å²) in [7, 11) is 4.56. The van der Waals surface area contributed by atoms with Gasteiger partial charge in [0.15, 0.2) is 11.5 Å². The first kappa shape index (κ1) is 20.1. The number of methoxy groups -OCH3 is 3. The second-order valence-electron chi connectivity index (χ2n) is 5.25. The molecule has 0 atom stereocenters. The van der Waals surface area contributed by atoms with Crippen LogP contribution in [-0.4, -0.2) is 40.5 Å². The number of hydrogen-bond acceptors (Lipinski definition) is 6. The molecule has 0 saturated heterocycles. The van der Waals surface area contributed by atoms with Crippen LogP contribution >= 0.6 is 0 Å². The second-order valence-corrected chi connectivity index (χ2v) is 5.25. The lowest BCUT2D eigenvalue weighted by atomic mass is 10.1. The molecule has 0 bridgehead atoms. The highest BCUT2D eigenvalue weighted by Crippen LogP contribution is 2.35. The maximum Gasteiger partial charge on any atom is 0.330 e. The number of carbonyl (C=O) groups is 1. The number of hydrogen-bond donors (Lipinski definition) is 0. The van der Waals surface area contributed by atoms with E-state index in [1.807, 2.05) is 0 Å². The summed E-state index contributed by atoms with van der Waals surface area (Å²) in [5, 5.41) is 0. The van der Waals surface area contributed by atoms with Gasteiger partial charge >= 0.3 is 5.97 Å². The molecule has 0 aliphatic carbocycles. The van der Waals surface area contributed by atoms with Crippen molar-refractivity contribution >= 4 is 12.0 Å². The molecule has 7 heteroatoms. The van der Waals surface area contributed by atoms with Crippen molar-refractivity contribution in [3.8, 4) is 23.0 Å². The van der Waals surface area contributed by atoms with Crippen LogP contribution in [0.4, 0.5) is 4.39 Å². The fourth-order valence-electron chi connectivity index (χ4n) is 2.22. The van der Waals surface area contributed by atoms with E-state index in [9.17, 15) is 9.18 Å². The molecule has 27 heavy (non-hydrogen) atoms. The molecule has 0 aliphatic heterocycles. The fraction of sp³-hybridized carbons (Fsp3) is 0.250. The molecule has 0 fully saturated rings. The van der Waals surface area contributed by atoms with Crippen molar-refractivity contribution in [3.05, 3.63) is 53.9 Å². The number of ether oxygens (including phenoxy) is 5. The minimum absolute atomic E-state index is 0.0591. The standard InChI is InChI=1S/C20H21FO6/c1-23-17-13-19(25-3)18(24-2)12-14(17)4-9-20(22)27-11-10-26-16-7-5-15(21)6-8-16/h4-9,12-13H,10-11H2,1-3H3/b9-4+. The smallest absolute Gasteiger partial charge is 0.330 e. The Morgan fingerprint density at radius 3 is 2.19 bits per heavy atom. The minimum Gasteiger partial charge on any atom is -0.496 e. The maximum absolute atomic E-state index is 12.8. The lowest BCUT2D eigenvalue weighted by Crippen LogP contribution is -2.10. The summed E-state index contributed by atoms with van der Waals surface area (Å²) < 4.78 is 38.9. The Morgan fingerprint density at radius 1 is 0.926 bits per heavy atom. The highest BCUT2D eigenvalue weighted by molar-refractivity contribution is 5.87. The molecule has 0 spiro atoms. The molecule has 0 saturated carbocycles. The van der Waals surface area contributed by atoms with Gasteiger partial charge in [0.25, 0.3) is 0 Å². The zero-order valence-corrected chi connectivity index (χ0v) is 15.4. The Kier molecular flexibility index (Phi) is 7.49. The Morgan fingerprint density at radius 2 is 1.56 bits per heavy atom. The van der Waals surface area contributed by atoms with Gasteiger partial charge in [-0.25, -0.2) is 9.18 Å². The lowest BCUT2D eigenvalue weighted by Gasteiger charge is -2.12. The van der Waals surface area contributed by atoms with Crippen molar-refractivity contribution in [2.24, 2.45) is 0 Å². The summed E-state index contributed by atoms with van der Waals surface area (Å²) >= 11 is 0. The molecule has 2 aromatic rings. The fourth-order valence-corrected chi connectivity index (χ4v) is 2.22. The molecular formula is C20H21FO6. The predicted molar refractivity (Wildman–Crippen MR) is 98.0 cm³/mol. The molecule has 0 heterocycles. The molecule has 6 nitrogen and oxygen atoms in total. The van der Waals surface area contributed by atoms with E-state index in [2.05, 4.69) is 0 Å².